The third kappa shape index (κ3) is 5.76. The highest BCUT2D eigenvalue weighted by Gasteiger charge is 2.34. The molecule has 178 valence electrons. The van der Waals surface area contributed by atoms with E-state index in [-0.39, 0.29) is 24.9 Å². The van der Waals surface area contributed by atoms with Crippen molar-refractivity contribution < 1.29 is 27.9 Å². The van der Waals surface area contributed by atoms with Crippen molar-refractivity contribution in [2.45, 2.75) is 19.4 Å². The average molecular weight is 489 g/mol. The lowest BCUT2D eigenvalue weighted by atomic mass is 10.4. The fourth-order valence-electron chi connectivity index (χ4n) is 2.85. The highest BCUT2D eigenvalue weighted by atomic mass is 32.2. The van der Waals surface area contributed by atoms with Crippen molar-refractivity contribution in [2.75, 3.05) is 64.4 Å². The summed E-state index contributed by atoms with van der Waals surface area (Å²) < 4.78 is 38.7. The Morgan fingerprint density at radius 2 is 2.12 bits per heavy atom. The van der Waals surface area contributed by atoms with E-state index in [4.69, 9.17) is 18.5 Å². The van der Waals surface area contributed by atoms with Gasteiger partial charge in [0, 0.05) is 26.8 Å². The molecule has 15 heteroatoms. The van der Waals surface area contributed by atoms with Crippen molar-refractivity contribution in [1.29, 1.82) is 0 Å². The van der Waals surface area contributed by atoms with E-state index in [1.165, 1.54) is 11.6 Å². The molecule has 2 N–H and O–H groups in total. The molecule has 1 fully saturated rings. The van der Waals surface area contributed by atoms with Gasteiger partial charge in [0.25, 0.3) is 0 Å². The van der Waals surface area contributed by atoms with Crippen LogP contribution in [-0.4, -0.2) is 89.4 Å². The summed E-state index contributed by atoms with van der Waals surface area (Å²) in [6, 6.07) is 0. The van der Waals surface area contributed by atoms with Crippen molar-refractivity contribution in [3.05, 3.63) is 6.33 Å². The number of imidazole rings is 1. The first-order chi connectivity index (χ1) is 15.3. The van der Waals surface area contributed by atoms with Crippen molar-refractivity contribution in [2.24, 2.45) is 0 Å². The van der Waals surface area contributed by atoms with E-state index >= 15 is 0 Å². The molecular formula is C17H28N7O6PS. The summed E-state index contributed by atoms with van der Waals surface area (Å²) in [6.07, 6.45) is 0.358. The topological polar surface area (TPSA) is 142 Å². The van der Waals surface area contributed by atoms with Crippen molar-refractivity contribution in [3.63, 3.8) is 0 Å². The maximum atomic E-state index is 13.0. The predicted octanol–water partition coefficient (Wildman–Crippen LogP) is 1.76. The van der Waals surface area contributed by atoms with E-state index in [1.54, 1.807) is 39.1 Å². The van der Waals surface area contributed by atoms with Gasteiger partial charge in [0.2, 0.25) is 5.95 Å². The molecule has 2 aromatic rings. The molecule has 0 spiro atoms. The van der Waals surface area contributed by atoms with E-state index in [0.717, 1.165) is 11.8 Å². The van der Waals surface area contributed by atoms with Crippen LogP contribution in [0.5, 0.6) is 0 Å². The third-order valence-corrected chi connectivity index (χ3v) is 7.17. The van der Waals surface area contributed by atoms with Crippen LogP contribution >= 0.6 is 19.5 Å². The Kier molecular flexibility index (Phi) is 8.44. The fourth-order valence-corrected chi connectivity index (χ4v) is 4.60. The molecule has 0 radical (unpaired) electrons. The normalized spacial score (nSPS) is 20.6. The molecule has 0 bridgehead atoms. The average Bonchev–Trinajstić information content (AvgIpc) is 3.41. The zero-order valence-corrected chi connectivity index (χ0v) is 20.3. The van der Waals surface area contributed by atoms with Gasteiger partial charge < -0.3 is 20.1 Å². The summed E-state index contributed by atoms with van der Waals surface area (Å²) in [5.74, 6) is 1.41. The van der Waals surface area contributed by atoms with Crippen LogP contribution in [0, 0.1) is 0 Å². The SMILES string of the molecule is CNc1nc(NC)c2ncn([C@H]3CO[C@@H](COP(=O)(OCCSC(C)=O)N(C)C)O3)c2n1. The molecule has 1 saturated heterocycles. The lowest BCUT2D eigenvalue weighted by Gasteiger charge is -2.24. The Hall–Kier alpha value is -1.80. The first-order valence-corrected chi connectivity index (χ1v) is 12.3. The molecule has 0 amide bonds. The van der Waals surface area contributed by atoms with Crippen molar-refractivity contribution in [1.82, 2.24) is 24.2 Å². The monoisotopic (exact) mass is 489 g/mol. The number of nitrogens with one attached hydrogen (secondary N) is 2. The zero-order valence-electron chi connectivity index (χ0n) is 18.6. The number of ether oxygens (including phenoxy) is 2. The Morgan fingerprint density at radius 3 is 2.78 bits per heavy atom. The van der Waals surface area contributed by atoms with Gasteiger partial charge in [0.1, 0.15) is 6.61 Å². The highest BCUT2D eigenvalue weighted by Crippen LogP contribution is 2.50. The van der Waals surface area contributed by atoms with Crippen LogP contribution in [-0.2, 0) is 27.9 Å². The lowest BCUT2D eigenvalue weighted by molar-refractivity contribution is -0.109. The second kappa shape index (κ2) is 10.9. The number of nitrogens with zero attached hydrogens (tertiary/aromatic N) is 5. The maximum absolute atomic E-state index is 13.0. The van der Waals surface area contributed by atoms with Crippen molar-refractivity contribution >= 4 is 47.6 Å². The number of rotatable bonds is 11. The van der Waals surface area contributed by atoms with Gasteiger partial charge in [0.15, 0.2) is 34.6 Å². The first-order valence-electron chi connectivity index (χ1n) is 9.84. The van der Waals surface area contributed by atoms with Gasteiger partial charge in [-0.15, -0.1) is 0 Å². The van der Waals surface area contributed by atoms with Crippen LogP contribution < -0.4 is 10.6 Å². The zero-order chi connectivity index (χ0) is 23.3. The Morgan fingerprint density at radius 1 is 1.34 bits per heavy atom. The second-order valence-electron chi connectivity index (χ2n) is 6.86. The number of aromatic nitrogens is 4. The first kappa shape index (κ1) is 24.8. The number of hydrogen-bond donors (Lipinski definition) is 2. The van der Waals surface area contributed by atoms with Crippen LogP contribution in [0.1, 0.15) is 13.2 Å². The predicted molar refractivity (Wildman–Crippen MR) is 121 cm³/mol. The maximum Gasteiger partial charge on any atom is 0.407 e. The van der Waals surface area contributed by atoms with E-state index in [0.29, 0.717) is 28.7 Å². The van der Waals surface area contributed by atoms with E-state index in [9.17, 15) is 9.36 Å². The van der Waals surface area contributed by atoms with E-state index in [1.807, 2.05) is 0 Å². The molecule has 13 nitrogen and oxygen atoms in total. The van der Waals surface area contributed by atoms with Gasteiger partial charge >= 0.3 is 7.75 Å². The summed E-state index contributed by atoms with van der Waals surface area (Å²) >= 11 is 1.10. The Balaban J connectivity index is 1.63. The molecule has 0 aliphatic carbocycles. The van der Waals surface area contributed by atoms with Crippen LogP contribution in [0.3, 0.4) is 0 Å². The van der Waals surface area contributed by atoms with Crippen LogP contribution in [0.25, 0.3) is 11.2 Å². The number of carbonyl (C=O) groups excluding carboxylic acids is 1. The van der Waals surface area contributed by atoms with Gasteiger partial charge in [0.05, 0.1) is 19.5 Å². The molecule has 3 rings (SSSR count). The number of hydrogen-bond acceptors (Lipinski definition) is 12. The summed E-state index contributed by atoms with van der Waals surface area (Å²) in [5, 5.41) is 5.89. The minimum Gasteiger partial charge on any atom is -0.371 e. The molecule has 1 aliphatic rings. The molecule has 3 heterocycles. The molecular weight excluding hydrogens is 461 g/mol. The third-order valence-electron chi connectivity index (χ3n) is 4.43. The number of fused-ring (bicyclic) bond motifs is 1. The number of thioether (sulfide) groups is 1. The van der Waals surface area contributed by atoms with Gasteiger partial charge in [-0.1, -0.05) is 11.8 Å². The molecule has 0 aromatic carbocycles. The smallest absolute Gasteiger partial charge is 0.371 e. The largest absolute Gasteiger partial charge is 0.407 e. The number of carbonyl (C=O) groups is 1. The van der Waals surface area contributed by atoms with Gasteiger partial charge in [-0.2, -0.15) is 9.97 Å². The Bertz CT molecular complexity index is 990. The van der Waals surface area contributed by atoms with Crippen molar-refractivity contribution in [3.8, 4) is 0 Å². The fraction of sp³-hybridized carbons (Fsp3) is 0.647. The van der Waals surface area contributed by atoms with Crippen LogP contribution in [0.4, 0.5) is 11.8 Å². The summed E-state index contributed by atoms with van der Waals surface area (Å²) in [7, 11) is 3.12. The summed E-state index contributed by atoms with van der Waals surface area (Å²) in [6.45, 7) is 1.70. The molecule has 3 atom stereocenters. The van der Waals surface area contributed by atoms with Crippen LogP contribution in [0.15, 0.2) is 6.33 Å². The summed E-state index contributed by atoms with van der Waals surface area (Å²) in [4.78, 5) is 24.2. The van der Waals surface area contributed by atoms with Gasteiger partial charge in [-0.25, -0.2) is 14.2 Å². The summed E-state index contributed by atoms with van der Waals surface area (Å²) in [5.41, 5.74) is 1.18. The van der Waals surface area contributed by atoms with Crippen LogP contribution in [0.2, 0.25) is 0 Å². The molecule has 0 saturated carbocycles. The van der Waals surface area contributed by atoms with Gasteiger partial charge in [-0.3, -0.25) is 18.4 Å². The minimum atomic E-state index is -3.55. The van der Waals surface area contributed by atoms with E-state index in [2.05, 4.69) is 25.6 Å². The Labute approximate surface area is 190 Å². The standard InChI is InChI=1S/C17H28N7O6PS/c1-11(25)32-7-6-28-31(26,23(4)5)29-9-13-27-8-12(30-13)24-10-20-14-15(18-2)21-17(19-3)22-16(14)24/h10,12-13H,6-9H2,1-5H3,(H2,18,19,21,22)/t12-,13-,31?/m1/s1. The molecule has 1 aliphatic heterocycles. The van der Waals surface area contributed by atoms with Gasteiger partial charge in [-0.05, 0) is 14.1 Å². The molecule has 32 heavy (non-hydrogen) atoms. The number of anilines is 2. The van der Waals surface area contributed by atoms with E-state index < -0.39 is 20.3 Å². The molecule has 1 unspecified atom stereocenters. The lowest BCUT2D eigenvalue weighted by Crippen LogP contribution is -2.21. The highest BCUT2D eigenvalue weighted by molar-refractivity contribution is 8.13. The quantitative estimate of drug-likeness (QED) is 0.350. The molecule has 2 aromatic heterocycles. The minimum absolute atomic E-state index is 0.0334. The second-order valence-corrected chi connectivity index (χ2v) is 10.4.